The van der Waals surface area contributed by atoms with Crippen LogP contribution in [0.5, 0.6) is 0 Å². The zero-order valence-corrected chi connectivity index (χ0v) is 21.8. The molecule has 0 unspecified atom stereocenters. The van der Waals surface area contributed by atoms with Crippen LogP contribution in [-0.2, 0) is 24.6 Å². The third kappa shape index (κ3) is 5.97. The molecule has 0 spiro atoms. The van der Waals surface area contributed by atoms with Crippen molar-refractivity contribution in [2.24, 2.45) is 0 Å². The summed E-state index contributed by atoms with van der Waals surface area (Å²) in [7, 11) is -7.87. The van der Waals surface area contributed by atoms with Gasteiger partial charge in [0.1, 0.15) is 5.60 Å². The zero-order chi connectivity index (χ0) is 25.3. The van der Waals surface area contributed by atoms with Gasteiger partial charge in [-0.1, -0.05) is 24.3 Å². The summed E-state index contributed by atoms with van der Waals surface area (Å²) in [5.74, 6) is 0. The van der Waals surface area contributed by atoms with Gasteiger partial charge >= 0.3 is 6.09 Å². The number of amides is 1. The molecule has 1 N–H and O–H groups in total. The number of rotatable bonds is 5. The number of aryl methyl sites for hydroxylation is 2. The minimum atomic E-state index is -3.99. The lowest BCUT2D eigenvalue weighted by Crippen LogP contribution is -2.47. The number of nitrogens with zero attached hydrogens (tertiary/aromatic N) is 1. The fourth-order valence-electron chi connectivity index (χ4n) is 3.91. The Hall–Kier alpha value is -2.43. The number of nitrogens with one attached hydrogen (secondary N) is 1. The van der Waals surface area contributed by atoms with E-state index in [0.29, 0.717) is 37.1 Å². The van der Waals surface area contributed by atoms with Gasteiger partial charge in [0.25, 0.3) is 0 Å². The standard InChI is InChI=1S/C24H32N2O6S2/c1-17-15-18(2)22(16-21(17)33(28,29)20-9-7-6-8-10-20)34(30,31)25-19-11-13-26(14-12-19)23(27)32-24(3,4)5/h6-10,15-16,19,25H,11-14H2,1-5H3. The van der Waals surface area contributed by atoms with E-state index in [1.54, 1.807) is 63.8 Å². The van der Waals surface area contributed by atoms with Gasteiger partial charge in [0.2, 0.25) is 19.9 Å². The molecule has 10 heteroatoms. The SMILES string of the molecule is Cc1cc(C)c(S(=O)(=O)c2ccccc2)cc1S(=O)(=O)NC1CCN(C(=O)OC(C)(C)C)CC1. The highest BCUT2D eigenvalue weighted by atomic mass is 32.2. The van der Waals surface area contributed by atoms with Crippen LogP contribution >= 0.6 is 0 Å². The number of sulfonamides is 1. The normalized spacial score (nSPS) is 15.9. The van der Waals surface area contributed by atoms with Crippen LogP contribution in [0.1, 0.15) is 44.7 Å². The molecule has 0 atom stereocenters. The number of carbonyl (C=O) groups excluding carboxylic acids is 1. The molecule has 1 aliphatic rings. The summed E-state index contributed by atoms with van der Waals surface area (Å²) in [5.41, 5.74) is 0.338. The van der Waals surface area contributed by atoms with E-state index in [0.717, 1.165) is 0 Å². The van der Waals surface area contributed by atoms with E-state index in [1.165, 1.54) is 18.2 Å². The van der Waals surface area contributed by atoms with Crippen molar-refractivity contribution >= 4 is 26.0 Å². The van der Waals surface area contributed by atoms with Gasteiger partial charge in [-0.3, -0.25) is 0 Å². The summed E-state index contributed by atoms with van der Waals surface area (Å²) >= 11 is 0. The maximum atomic E-state index is 13.2. The molecule has 0 aromatic heterocycles. The van der Waals surface area contributed by atoms with E-state index in [4.69, 9.17) is 4.74 Å². The summed E-state index contributed by atoms with van der Waals surface area (Å²) in [6.45, 7) is 9.40. The highest BCUT2D eigenvalue weighted by Crippen LogP contribution is 2.29. The summed E-state index contributed by atoms with van der Waals surface area (Å²) in [5, 5.41) is 0. The van der Waals surface area contributed by atoms with Gasteiger partial charge in [0, 0.05) is 19.1 Å². The largest absolute Gasteiger partial charge is 0.444 e. The topological polar surface area (TPSA) is 110 Å². The van der Waals surface area contributed by atoms with E-state index in [-0.39, 0.29) is 20.7 Å². The smallest absolute Gasteiger partial charge is 0.410 e. The summed E-state index contributed by atoms with van der Waals surface area (Å²) in [6, 6.07) is 10.4. The fourth-order valence-corrected chi connectivity index (χ4v) is 7.07. The zero-order valence-electron chi connectivity index (χ0n) is 20.2. The minimum absolute atomic E-state index is 0.0376. The molecule has 0 radical (unpaired) electrons. The van der Waals surface area contributed by atoms with Crippen LogP contribution in [0, 0.1) is 13.8 Å². The number of likely N-dealkylation sites (tertiary alicyclic amines) is 1. The predicted octanol–water partition coefficient (Wildman–Crippen LogP) is 3.81. The van der Waals surface area contributed by atoms with Crippen molar-refractivity contribution in [3.05, 3.63) is 53.6 Å². The number of benzene rings is 2. The van der Waals surface area contributed by atoms with Gasteiger partial charge in [0.05, 0.1) is 14.7 Å². The fraction of sp³-hybridized carbons (Fsp3) is 0.458. The van der Waals surface area contributed by atoms with Crippen molar-refractivity contribution < 1.29 is 26.4 Å². The first-order valence-electron chi connectivity index (χ1n) is 11.1. The molecule has 0 bridgehead atoms. The average Bonchev–Trinajstić information content (AvgIpc) is 2.73. The number of sulfone groups is 1. The molecule has 1 amide bonds. The lowest BCUT2D eigenvalue weighted by atomic mass is 10.1. The number of hydrogen-bond acceptors (Lipinski definition) is 6. The molecule has 1 aliphatic heterocycles. The van der Waals surface area contributed by atoms with Crippen LogP contribution in [0.3, 0.4) is 0 Å². The van der Waals surface area contributed by atoms with E-state index in [2.05, 4.69) is 4.72 Å². The summed E-state index contributed by atoms with van der Waals surface area (Å²) < 4.78 is 60.9. The molecule has 1 heterocycles. The molecule has 1 saturated heterocycles. The first kappa shape index (κ1) is 26.2. The lowest BCUT2D eigenvalue weighted by Gasteiger charge is -2.33. The molecule has 34 heavy (non-hydrogen) atoms. The first-order valence-corrected chi connectivity index (χ1v) is 14.1. The lowest BCUT2D eigenvalue weighted by molar-refractivity contribution is 0.0203. The van der Waals surface area contributed by atoms with Gasteiger partial charge in [0.15, 0.2) is 0 Å². The molecule has 8 nitrogen and oxygen atoms in total. The average molecular weight is 509 g/mol. The van der Waals surface area contributed by atoms with Crippen molar-refractivity contribution in [2.75, 3.05) is 13.1 Å². The monoisotopic (exact) mass is 508 g/mol. The van der Waals surface area contributed by atoms with Crippen LogP contribution in [0.4, 0.5) is 4.79 Å². The van der Waals surface area contributed by atoms with Crippen molar-refractivity contribution in [2.45, 2.75) is 73.8 Å². The molecule has 186 valence electrons. The Bertz CT molecular complexity index is 1260. The minimum Gasteiger partial charge on any atom is -0.444 e. The highest BCUT2D eigenvalue weighted by Gasteiger charge is 2.31. The summed E-state index contributed by atoms with van der Waals surface area (Å²) in [4.78, 5) is 13.8. The number of hydrogen-bond donors (Lipinski definition) is 1. The third-order valence-electron chi connectivity index (χ3n) is 5.57. The Morgan fingerprint density at radius 3 is 2.06 bits per heavy atom. The number of ether oxygens (including phenoxy) is 1. The number of piperidine rings is 1. The van der Waals surface area contributed by atoms with Gasteiger partial charge in [-0.25, -0.2) is 26.4 Å². The molecule has 3 rings (SSSR count). The predicted molar refractivity (Wildman–Crippen MR) is 129 cm³/mol. The van der Waals surface area contributed by atoms with Crippen molar-refractivity contribution in [1.29, 1.82) is 0 Å². The van der Waals surface area contributed by atoms with E-state index in [1.807, 2.05) is 0 Å². The Balaban J connectivity index is 1.80. The van der Waals surface area contributed by atoms with Gasteiger partial charge in [-0.15, -0.1) is 0 Å². The Morgan fingerprint density at radius 2 is 1.50 bits per heavy atom. The molecule has 0 aliphatic carbocycles. The van der Waals surface area contributed by atoms with E-state index in [9.17, 15) is 21.6 Å². The molecular formula is C24H32N2O6S2. The van der Waals surface area contributed by atoms with Crippen molar-refractivity contribution in [1.82, 2.24) is 9.62 Å². The van der Waals surface area contributed by atoms with Crippen LogP contribution in [0.2, 0.25) is 0 Å². The second kappa shape index (κ2) is 9.67. The first-order chi connectivity index (χ1) is 15.7. The molecule has 2 aromatic carbocycles. The van der Waals surface area contributed by atoms with Crippen molar-refractivity contribution in [3.63, 3.8) is 0 Å². The van der Waals surface area contributed by atoms with Crippen molar-refractivity contribution in [3.8, 4) is 0 Å². The third-order valence-corrected chi connectivity index (χ3v) is 9.15. The Labute approximate surface area is 202 Å². The van der Waals surface area contributed by atoms with E-state index >= 15 is 0 Å². The quantitative estimate of drug-likeness (QED) is 0.658. The van der Waals surface area contributed by atoms with Crippen LogP contribution in [0.25, 0.3) is 0 Å². The maximum Gasteiger partial charge on any atom is 0.410 e. The molecule has 2 aromatic rings. The Kier molecular flexibility index (Phi) is 7.45. The molecule has 0 saturated carbocycles. The number of carbonyl (C=O) groups is 1. The van der Waals surface area contributed by atoms with Crippen LogP contribution < -0.4 is 4.72 Å². The maximum absolute atomic E-state index is 13.2. The highest BCUT2D eigenvalue weighted by molar-refractivity contribution is 7.91. The van der Waals surface area contributed by atoms with Crippen LogP contribution in [0.15, 0.2) is 57.2 Å². The summed E-state index contributed by atoms with van der Waals surface area (Å²) in [6.07, 6.45) is 0.441. The molecular weight excluding hydrogens is 476 g/mol. The van der Waals surface area contributed by atoms with E-state index < -0.39 is 31.6 Å². The Morgan fingerprint density at radius 1 is 0.941 bits per heavy atom. The van der Waals surface area contributed by atoms with Crippen LogP contribution in [-0.4, -0.2) is 52.6 Å². The van der Waals surface area contributed by atoms with Gasteiger partial charge in [-0.05, 0) is 76.8 Å². The molecule has 1 fully saturated rings. The van der Waals surface area contributed by atoms with Gasteiger partial charge in [-0.2, -0.15) is 0 Å². The second-order valence-corrected chi connectivity index (χ2v) is 13.2. The van der Waals surface area contributed by atoms with Gasteiger partial charge < -0.3 is 9.64 Å². The second-order valence-electron chi connectivity index (χ2n) is 9.56.